The van der Waals surface area contributed by atoms with Crippen molar-refractivity contribution in [2.24, 2.45) is 0 Å². The zero-order valence-corrected chi connectivity index (χ0v) is 14.5. The van der Waals surface area contributed by atoms with Crippen LogP contribution >= 0.6 is 11.8 Å². The summed E-state index contributed by atoms with van der Waals surface area (Å²) in [5, 5.41) is 6.09. The van der Waals surface area contributed by atoms with Crippen LogP contribution in [0.1, 0.15) is 31.9 Å². The first-order chi connectivity index (χ1) is 11.4. The van der Waals surface area contributed by atoms with Crippen molar-refractivity contribution in [2.45, 2.75) is 38.2 Å². The third-order valence-electron chi connectivity index (χ3n) is 3.16. The van der Waals surface area contributed by atoms with Gasteiger partial charge in [-0.25, -0.2) is 4.79 Å². The molecule has 1 unspecified atom stereocenters. The SMILES string of the molecule is CC(C)(C)NC(=O)OC1(c2ccc(C(F)(F)F)cc2)NC=CSC1=O. The maximum absolute atomic E-state index is 12.7. The van der Waals surface area contributed by atoms with Gasteiger partial charge in [-0.05, 0) is 38.3 Å². The monoisotopic (exact) mass is 374 g/mol. The molecule has 136 valence electrons. The van der Waals surface area contributed by atoms with Crippen LogP contribution in [0.25, 0.3) is 0 Å². The topological polar surface area (TPSA) is 67.4 Å². The molecule has 2 N–H and O–H groups in total. The standard InChI is InChI=1S/C16H17F3N2O3S/c1-14(2,3)21-13(23)24-15(12(22)25-9-8-20-15)10-4-6-11(7-5-10)16(17,18)19/h4-9,20H,1-3H3,(H,21,23). The fraction of sp³-hybridized carbons (Fsp3) is 0.375. The number of thioether (sulfide) groups is 1. The van der Waals surface area contributed by atoms with Crippen molar-refractivity contribution in [2.75, 3.05) is 0 Å². The van der Waals surface area contributed by atoms with Crippen molar-refractivity contribution in [1.82, 2.24) is 10.6 Å². The van der Waals surface area contributed by atoms with E-state index in [4.69, 9.17) is 4.74 Å². The van der Waals surface area contributed by atoms with Crippen LogP contribution < -0.4 is 10.6 Å². The number of carbonyl (C=O) groups is 2. The van der Waals surface area contributed by atoms with Crippen LogP contribution in [-0.4, -0.2) is 16.7 Å². The van der Waals surface area contributed by atoms with Gasteiger partial charge in [-0.15, -0.1) is 0 Å². The van der Waals surface area contributed by atoms with E-state index in [1.54, 1.807) is 20.8 Å². The zero-order chi connectivity index (χ0) is 18.9. The Morgan fingerprint density at radius 2 is 1.80 bits per heavy atom. The molecule has 0 fully saturated rings. The number of nitrogens with one attached hydrogen (secondary N) is 2. The highest BCUT2D eigenvalue weighted by Gasteiger charge is 2.46. The van der Waals surface area contributed by atoms with Gasteiger partial charge in [-0.3, -0.25) is 4.79 Å². The molecule has 0 aliphatic carbocycles. The summed E-state index contributed by atoms with van der Waals surface area (Å²) in [4.78, 5) is 24.6. The lowest BCUT2D eigenvalue weighted by Crippen LogP contribution is -2.54. The Balaban J connectivity index is 2.38. The molecule has 25 heavy (non-hydrogen) atoms. The Kier molecular flexibility index (Phi) is 5.08. The van der Waals surface area contributed by atoms with E-state index < -0.39 is 34.2 Å². The molecule has 0 saturated heterocycles. The quantitative estimate of drug-likeness (QED) is 0.826. The lowest BCUT2D eigenvalue weighted by atomic mass is 10.0. The second-order valence-electron chi connectivity index (χ2n) is 6.37. The average Bonchev–Trinajstić information content (AvgIpc) is 2.47. The molecule has 0 bridgehead atoms. The molecule has 1 aliphatic rings. The minimum atomic E-state index is -4.51. The van der Waals surface area contributed by atoms with Crippen LogP contribution in [0.15, 0.2) is 35.9 Å². The lowest BCUT2D eigenvalue weighted by Gasteiger charge is -2.35. The molecule has 1 aromatic carbocycles. The van der Waals surface area contributed by atoms with Gasteiger partial charge in [-0.1, -0.05) is 23.9 Å². The highest BCUT2D eigenvalue weighted by molar-refractivity contribution is 8.16. The Morgan fingerprint density at radius 1 is 1.20 bits per heavy atom. The summed E-state index contributed by atoms with van der Waals surface area (Å²) in [7, 11) is 0. The predicted octanol–water partition coefficient (Wildman–Crippen LogP) is 3.72. The number of rotatable bonds is 2. The number of hydrogen-bond acceptors (Lipinski definition) is 5. The summed E-state index contributed by atoms with van der Waals surface area (Å²) in [6.07, 6.45) is -3.98. The Morgan fingerprint density at radius 3 is 2.28 bits per heavy atom. The number of ether oxygens (including phenoxy) is 1. The molecular formula is C16H17F3N2O3S. The summed E-state index contributed by atoms with van der Waals surface area (Å²) in [6.45, 7) is 5.18. The first kappa shape index (κ1) is 19.2. The molecule has 2 rings (SSSR count). The molecule has 1 heterocycles. The van der Waals surface area contributed by atoms with Gasteiger partial charge in [0.2, 0.25) is 0 Å². The lowest BCUT2D eigenvalue weighted by molar-refractivity contribution is -0.137. The van der Waals surface area contributed by atoms with Crippen LogP contribution in [0.5, 0.6) is 0 Å². The molecule has 1 aromatic rings. The van der Waals surface area contributed by atoms with Crippen molar-refractivity contribution < 1.29 is 27.5 Å². The number of halogens is 3. The molecule has 1 atom stereocenters. The zero-order valence-electron chi connectivity index (χ0n) is 13.7. The summed E-state index contributed by atoms with van der Waals surface area (Å²) < 4.78 is 43.5. The minimum Gasteiger partial charge on any atom is -0.410 e. The van der Waals surface area contributed by atoms with Gasteiger partial charge in [0.25, 0.3) is 10.8 Å². The minimum absolute atomic E-state index is 0.0893. The highest BCUT2D eigenvalue weighted by atomic mass is 32.2. The summed E-state index contributed by atoms with van der Waals surface area (Å²) in [5.74, 6) is 0. The van der Waals surface area contributed by atoms with Crippen molar-refractivity contribution in [1.29, 1.82) is 0 Å². The van der Waals surface area contributed by atoms with E-state index in [0.29, 0.717) is 0 Å². The van der Waals surface area contributed by atoms with Gasteiger partial charge in [0.05, 0.1) is 5.56 Å². The van der Waals surface area contributed by atoms with Crippen LogP contribution in [0.2, 0.25) is 0 Å². The number of alkyl halides is 3. The largest absolute Gasteiger partial charge is 0.416 e. The predicted molar refractivity (Wildman–Crippen MR) is 87.4 cm³/mol. The van der Waals surface area contributed by atoms with Crippen LogP contribution in [0.4, 0.5) is 18.0 Å². The maximum atomic E-state index is 12.7. The third kappa shape index (κ3) is 4.47. The maximum Gasteiger partial charge on any atom is 0.416 e. The Hall–Kier alpha value is -2.16. The molecule has 5 nitrogen and oxygen atoms in total. The van der Waals surface area contributed by atoms with Crippen LogP contribution in [-0.2, 0) is 21.4 Å². The molecule has 9 heteroatoms. The van der Waals surface area contributed by atoms with E-state index in [9.17, 15) is 22.8 Å². The number of benzene rings is 1. The molecule has 0 spiro atoms. The van der Waals surface area contributed by atoms with Crippen LogP contribution in [0.3, 0.4) is 0 Å². The van der Waals surface area contributed by atoms with Gasteiger partial charge >= 0.3 is 12.3 Å². The van der Waals surface area contributed by atoms with Gasteiger partial charge < -0.3 is 15.4 Å². The highest BCUT2D eigenvalue weighted by Crippen LogP contribution is 2.35. The van der Waals surface area contributed by atoms with E-state index in [0.717, 1.165) is 36.0 Å². The first-order valence-electron chi connectivity index (χ1n) is 7.27. The van der Waals surface area contributed by atoms with Crippen molar-refractivity contribution >= 4 is 23.0 Å². The molecule has 1 aliphatic heterocycles. The fourth-order valence-electron chi connectivity index (χ4n) is 2.09. The molecule has 0 saturated carbocycles. The fourth-order valence-corrected chi connectivity index (χ4v) is 2.73. The Labute approximate surface area is 147 Å². The summed E-state index contributed by atoms with van der Waals surface area (Å²) >= 11 is 0.780. The first-order valence-corrected chi connectivity index (χ1v) is 8.15. The van der Waals surface area contributed by atoms with Gasteiger partial charge in [0.1, 0.15) is 0 Å². The number of alkyl carbamates (subject to hydrolysis) is 1. The normalized spacial score (nSPS) is 20.8. The number of carbonyl (C=O) groups excluding carboxylic acids is 2. The van der Waals surface area contributed by atoms with Gasteiger partial charge in [-0.2, -0.15) is 13.2 Å². The van der Waals surface area contributed by atoms with E-state index in [-0.39, 0.29) is 5.56 Å². The smallest absolute Gasteiger partial charge is 0.410 e. The van der Waals surface area contributed by atoms with Crippen LogP contribution in [0, 0.1) is 0 Å². The molecule has 0 radical (unpaired) electrons. The van der Waals surface area contributed by atoms with Crippen molar-refractivity contribution in [3.63, 3.8) is 0 Å². The van der Waals surface area contributed by atoms with E-state index in [2.05, 4.69) is 10.6 Å². The van der Waals surface area contributed by atoms with E-state index in [1.165, 1.54) is 11.6 Å². The van der Waals surface area contributed by atoms with Crippen molar-refractivity contribution in [3.8, 4) is 0 Å². The Bertz CT molecular complexity index is 696. The summed E-state index contributed by atoms with van der Waals surface area (Å²) in [6, 6.07) is 3.88. The summed E-state index contributed by atoms with van der Waals surface area (Å²) in [5.41, 5.74) is -3.29. The van der Waals surface area contributed by atoms with Crippen molar-refractivity contribution in [3.05, 3.63) is 47.0 Å². The van der Waals surface area contributed by atoms with Gasteiger partial charge in [0.15, 0.2) is 0 Å². The second-order valence-corrected chi connectivity index (χ2v) is 7.25. The second kappa shape index (κ2) is 6.62. The van der Waals surface area contributed by atoms with Gasteiger partial charge in [0, 0.05) is 17.3 Å². The third-order valence-corrected chi connectivity index (χ3v) is 3.93. The molecule has 1 amide bonds. The molecule has 0 aromatic heterocycles. The van der Waals surface area contributed by atoms with E-state index in [1.807, 2.05) is 0 Å². The number of hydrogen-bond donors (Lipinski definition) is 2. The average molecular weight is 374 g/mol. The molecular weight excluding hydrogens is 357 g/mol. The van der Waals surface area contributed by atoms with E-state index >= 15 is 0 Å². The number of amides is 1.